The number of hydrogen-bond donors (Lipinski definition) is 1. The molecule has 3 nitrogen and oxygen atoms in total. The summed E-state index contributed by atoms with van der Waals surface area (Å²) in [6, 6.07) is 0. The van der Waals surface area contributed by atoms with E-state index in [1.807, 2.05) is 0 Å². The normalized spacial score (nSPS) is 21.7. The molecule has 0 saturated carbocycles. The zero-order valence-electron chi connectivity index (χ0n) is 6.18. The quantitative estimate of drug-likeness (QED) is 0.584. The molecule has 11 heavy (non-hydrogen) atoms. The zero-order valence-corrected chi connectivity index (χ0v) is 6.18. The van der Waals surface area contributed by atoms with Gasteiger partial charge in [0.25, 0.3) is 6.43 Å². The Bertz CT molecular complexity index is 177. The highest BCUT2D eigenvalue weighted by atomic mass is 19.3. The van der Waals surface area contributed by atoms with Gasteiger partial charge in [0.15, 0.2) is 0 Å². The molecule has 0 bridgehead atoms. The van der Waals surface area contributed by atoms with Gasteiger partial charge in [-0.15, -0.1) is 0 Å². The van der Waals surface area contributed by atoms with E-state index in [4.69, 9.17) is 5.73 Å². The zero-order chi connectivity index (χ0) is 8.65. The van der Waals surface area contributed by atoms with Gasteiger partial charge in [-0.2, -0.15) is 0 Å². The van der Waals surface area contributed by atoms with Crippen molar-refractivity contribution in [3.63, 3.8) is 0 Å². The molecular formula is C6H10F2N2O. The summed E-state index contributed by atoms with van der Waals surface area (Å²) in [5.41, 5.74) is 3.78. The molecule has 0 aliphatic carbocycles. The molecule has 64 valence electrons. The highest BCUT2D eigenvalue weighted by molar-refractivity contribution is 5.74. The Balaban J connectivity index is 2.44. The topological polar surface area (TPSA) is 46.3 Å². The first kappa shape index (κ1) is 8.39. The maximum Gasteiger partial charge on any atom is 0.259 e. The van der Waals surface area contributed by atoms with E-state index in [1.54, 1.807) is 0 Å². The third-order valence-corrected chi connectivity index (χ3v) is 1.85. The number of amides is 1. The first-order chi connectivity index (χ1) is 4.96. The molecule has 0 aromatic carbocycles. The SMILES string of the molecule is CC(=O)N1CC(N)(C(F)F)C1. The Morgan fingerprint density at radius 2 is 2.09 bits per heavy atom. The van der Waals surface area contributed by atoms with Gasteiger partial charge in [0.2, 0.25) is 5.91 Å². The fraction of sp³-hybridized carbons (Fsp3) is 0.833. The molecule has 0 aromatic heterocycles. The van der Waals surface area contributed by atoms with Crippen LogP contribution in [-0.4, -0.2) is 35.9 Å². The van der Waals surface area contributed by atoms with Crippen molar-refractivity contribution in [2.24, 2.45) is 5.73 Å². The van der Waals surface area contributed by atoms with Gasteiger partial charge in [-0.3, -0.25) is 4.79 Å². The van der Waals surface area contributed by atoms with Crippen LogP contribution >= 0.6 is 0 Å². The Kier molecular flexibility index (Phi) is 1.83. The van der Waals surface area contributed by atoms with E-state index in [-0.39, 0.29) is 19.0 Å². The van der Waals surface area contributed by atoms with Crippen LogP contribution in [0.15, 0.2) is 0 Å². The fourth-order valence-electron chi connectivity index (χ4n) is 1.03. The predicted octanol–water partition coefficient (Wildman–Crippen LogP) is -0.189. The number of carbonyl (C=O) groups excluding carboxylic acids is 1. The van der Waals surface area contributed by atoms with E-state index >= 15 is 0 Å². The number of halogens is 2. The average molecular weight is 164 g/mol. The third kappa shape index (κ3) is 1.33. The second kappa shape index (κ2) is 2.41. The van der Waals surface area contributed by atoms with Crippen molar-refractivity contribution in [2.75, 3.05) is 13.1 Å². The lowest BCUT2D eigenvalue weighted by molar-refractivity contribution is -0.141. The van der Waals surface area contributed by atoms with Crippen molar-refractivity contribution in [1.82, 2.24) is 4.90 Å². The lowest BCUT2D eigenvalue weighted by atomic mass is 9.92. The molecule has 0 spiro atoms. The standard InChI is InChI=1S/C6H10F2N2O/c1-4(11)10-2-6(9,3-10)5(7)8/h5H,2-3,9H2,1H3. The summed E-state index contributed by atoms with van der Waals surface area (Å²) in [4.78, 5) is 11.9. The van der Waals surface area contributed by atoms with Crippen LogP contribution in [0.25, 0.3) is 0 Å². The molecule has 1 aliphatic heterocycles. The third-order valence-electron chi connectivity index (χ3n) is 1.85. The lowest BCUT2D eigenvalue weighted by Gasteiger charge is -2.46. The van der Waals surface area contributed by atoms with Crippen LogP contribution < -0.4 is 5.73 Å². The first-order valence-corrected chi connectivity index (χ1v) is 3.28. The molecule has 0 radical (unpaired) electrons. The number of likely N-dealkylation sites (tertiary alicyclic amines) is 1. The second-order valence-corrected chi connectivity index (χ2v) is 2.91. The van der Waals surface area contributed by atoms with E-state index in [0.29, 0.717) is 0 Å². The minimum Gasteiger partial charge on any atom is -0.339 e. The highest BCUT2D eigenvalue weighted by Crippen LogP contribution is 2.24. The van der Waals surface area contributed by atoms with Crippen LogP contribution in [0.3, 0.4) is 0 Å². The maximum absolute atomic E-state index is 12.0. The Hall–Kier alpha value is -0.710. The minimum atomic E-state index is -2.54. The number of carbonyl (C=O) groups is 1. The first-order valence-electron chi connectivity index (χ1n) is 3.28. The van der Waals surface area contributed by atoms with Crippen LogP contribution in [0.5, 0.6) is 0 Å². The second-order valence-electron chi connectivity index (χ2n) is 2.91. The number of nitrogens with zero attached hydrogens (tertiary/aromatic N) is 1. The summed E-state index contributed by atoms with van der Waals surface area (Å²) >= 11 is 0. The number of nitrogens with two attached hydrogens (primary N) is 1. The van der Waals surface area contributed by atoms with Gasteiger partial charge in [0, 0.05) is 20.0 Å². The van der Waals surface area contributed by atoms with Gasteiger partial charge in [-0.25, -0.2) is 8.78 Å². The molecule has 1 rings (SSSR count). The van der Waals surface area contributed by atoms with Crippen molar-refractivity contribution < 1.29 is 13.6 Å². The summed E-state index contributed by atoms with van der Waals surface area (Å²) in [7, 11) is 0. The van der Waals surface area contributed by atoms with Crippen LogP contribution in [-0.2, 0) is 4.79 Å². The molecule has 1 saturated heterocycles. The number of alkyl halides is 2. The Morgan fingerprint density at radius 3 is 2.36 bits per heavy atom. The minimum absolute atomic E-state index is 0.0278. The number of rotatable bonds is 1. The van der Waals surface area contributed by atoms with E-state index < -0.39 is 12.0 Å². The molecule has 0 unspecified atom stereocenters. The van der Waals surface area contributed by atoms with E-state index in [2.05, 4.69) is 0 Å². The summed E-state index contributed by atoms with van der Waals surface area (Å²) in [6.45, 7) is 1.28. The molecule has 1 heterocycles. The predicted molar refractivity (Wildman–Crippen MR) is 35.2 cm³/mol. The van der Waals surface area contributed by atoms with Gasteiger partial charge in [-0.1, -0.05) is 0 Å². The smallest absolute Gasteiger partial charge is 0.259 e. The van der Waals surface area contributed by atoms with Crippen molar-refractivity contribution >= 4 is 5.91 Å². The Labute approximate surface area is 63.2 Å². The molecular weight excluding hydrogens is 154 g/mol. The molecule has 5 heteroatoms. The van der Waals surface area contributed by atoms with Gasteiger partial charge in [0.05, 0.1) is 0 Å². The van der Waals surface area contributed by atoms with E-state index in [1.165, 1.54) is 11.8 Å². The average Bonchev–Trinajstić information content (AvgIpc) is 1.79. The van der Waals surface area contributed by atoms with Crippen LogP contribution in [0.1, 0.15) is 6.92 Å². The maximum atomic E-state index is 12.0. The summed E-state index contributed by atoms with van der Waals surface area (Å²) < 4.78 is 24.1. The van der Waals surface area contributed by atoms with Crippen molar-refractivity contribution in [3.05, 3.63) is 0 Å². The van der Waals surface area contributed by atoms with Gasteiger partial charge in [0.1, 0.15) is 5.54 Å². The molecule has 2 N–H and O–H groups in total. The van der Waals surface area contributed by atoms with Crippen LogP contribution in [0, 0.1) is 0 Å². The monoisotopic (exact) mass is 164 g/mol. The summed E-state index contributed by atoms with van der Waals surface area (Å²) in [5, 5.41) is 0. The van der Waals surface area contributed by atoms with Gasteiger partial charge >= 0.3 is 0 Å². The molecule has 0 aromatic rings. The van der Waals surface area contributed by atoms with Gasteiger partial charge in [-0.05, 0) is 0 Å². The fourth-order valence-corrected chi connectivity index (χ4v) is 1.03. The molecule has 0 atom stereocenters. The van der Waals surface area contributed by atoms with Crippen molar-refractivity contribution in [3.8, 4) is 0 Å². The molecule has 1 amide bonds. The largest absolute Gasteiger partial charge is 0.339 e. The highest BCUT2D eigenvalue weighted by Gasteiger charge is 2.48. The number of hydrogen-bond acceptors (Lipinski definition) is 2. The Morgan fingerprint density at radius 1 is 1.64 bits per heavy atom. The lowest BCUT2D eigenvalue weighted by Crippen LogP contribution is -2.71. The van der Waals surface area contributed by atoms with Gasteiger partial charge < -0.3 is 10.6 Å². The molecule has 1 aliphatic rings. The van der Waals surface area contributed by atoms with Crippen LogP contribution in [0.2, 0.25) is 0 Å². The van der Waals surface area contributed by atoms with Crippen molar-refractivity contribution in [1.29, 1.82) is 0 Å². The van der Waals surface area contributed by atoms with Crippen LogP contribution in [0.4, 0.5) is 8.78 Å². The summed E-state index contributed by atoms with van der Waals surface area (Å²) in [6.07, 6.45) is -2.54. The van der Waals surface area contributed by atoms with E-state index in [9.17, 15) is 13.6 Å². The summed E-state index contributed by atoms with van der Waals surface area (Å²) in [5.74, 6) is -0.202. The molecule has 1 fully saturated rings. The van der Waals surface area contributed by atoms with E-state index in [0.717, 1.165) is 0 Å². The van der Waals surface area contributed by atoms with Crippen molar-refractivity contribution in [2.45, 2.75) is 18.9 Å².